The van der Waals surface area contributed by atoms with E-state index in [1.807, 2.05) is 30.0 Å². The van der Waals surface area contributed by atoms with Crippen LogP contribution in [0.5, 0.6) is 0 Å². The zero-order valence-electron chi connectivity index (χ0n) is 15.1. The standard InChI is InChI=1S/C19H28ClN3O2/c1-14-5-7-23(8-6-14)19(24)15(2)21-17-13-16(20)3-4-18(17)22-9-11-25-12-10-22/h3-4,13-15,21H,5-12H2,1-2H3/t15-/m1/s1. The quantitative estimate of drug-likeness (QED) is 0.889. The number of ether oxygens (including phenoxy) is 1. The van der Waals surface area contributed by atoms with Gasteiger partial charge in [-0.05, 0) is 43.9 Å². The van der Waals surface area contributed by atoms with Crippen LogP contribution in [0.25, 0.3) is 0 Å². The number of benzene rings is 1. The first-order valence-corrected chi connectivity index (χ1v) is 9.60. The molecule has 6 heteroatoms. The monoisotopic (exact) mass is 365 g/mol. The maximum absolute atomic E-state index is 12.8. The molecule has 138 valence electrons. The SMILES string of the molecule is CC1CCN(C(=O)[C@@H](C)Nc2cc(Cl)ccc2N2CCOCC2)CC1. The van der Waals surface area contributed by atoms with Crippen molar-refractivity contribution in [2.45, 2.75) is 32.7 Å². The summed E-state index contributed by atoms with van der Waals surface area (Å²) < 4.78 is 5.44. The first kappa shape index (κ1) is 18.3. The third-order valence-electron chi connectivity index (χ3n) is 5.15. The molecular formula is C19H28ClN3O2. The molecule has 0 bridgehead atoms. The number of halogens is 1. The molecule has 1 N–H and O–H groups in total. The highest BCUT2D eigenvalue weighted by molar-refractivity contribution is 6.31. The van der Waals surface area contributed by atoms with E-state index >= 15 is 0 Å². The molecule has 1 atom stereocenters. The second-order valence-corrected chi connectivity index (χ2v) is 7.57. The zero-order valence-corrected chi connectivity index (χ0v) is 15.9. The van der Waals surface area contributed by atoms with E-state index in [0.717, 1.165) is 63.6 Å². The van der Waals surface area contributed by atoms with Crippen LogP contribution in [0.2, 0.25) is 5.02 Å². The van der Waals surface area contributed by atoms with Gasteiger partial charge in [-0.2, -0.15) is 0 Å². The molecule has 2 fully saturated rings. The van der Waals surface area contributed by atoms with Gasteiger partial charge in [0.25, 0.3) is 0 Å². The number of likely N-dealkylation sites (tertiary alicyclic amines) is 1. The number of morpholine rings is 1. The normalized spacial score (nSPS) is 20.4. The van der Waals surface area contributed by atoms with Gasteiger partial charge in [-0.15, -0.1) is 0 Å². The van der Waals surface area contributed by atoms with Crippen molar-refractivity contribution in [2.24, 2.45) is 5.92 Å². The van der Waals surface area contributed by atoms with Crippen molar-refractivity contribution >= 4 is 28.9 Å². The van der Waals surface area contributed by atoms with Crippen molar-refractivity contribution in [1.82, 2.24) is 4.90 Å². The van der Waals surface area contributed by atoms with Crippen molar-refractivity contribution in [3.05, 3.63) is 23.2 Å². The predicted molar refractivity (Wildman–Crippen MR) is 103 cm³/mol. The lowest BCUT2D eigenvalue weighted by Gasteiger charge is -2.34. The molecular weight excluding hydrogens is 338 g/mol. The van der Waals surface area contributed by atoms with E-state index in [0.29, 0.717) is 10.9 Å². The van der Waals surface area contributed by atoms with Crippen molar-refractivity contribution in [3.8, 4) is 0 Å². The summed E-state index contributed by atoms with van der Waals surface area (Å²) >= 11 is 6.20. The van der Waals surface area contributed by atoms with Crippen LogP contribution < -0.4 is 10.2 Å². The number of anilines is 2. The second kappa shape index (κ2) is 8.28. The fourth-order valence-corrected chi connectivity index (χ4v) is 3.67. The predicted octanol–water partition coefficient (Wildman–Crippen LogP) is 3.24. The lowest BCUT2D eigenvalue weighted by molar-refractivity contribution is -0.132. The molecule has 1 aromatic rings. The van der Waals surface area contributed by atoms with Gasteiger partial charge in [0.15, 0.2) is 0 Å². The summed E-state index contributed by atoms with van der Waals surface area (Å²) in [7, 11) is 0. The molecule has 3 rings (SSSR count). The Morgan fingerprint density at radius 2 is 1.92 bits per heavy atom. The van der Waals surface area contributed by atoms with Gasteiger partial charge in [0.05, 0.1) is 24.6 Å². The molecule has 2 saturated heterocycles. The highest BCUT2D eigenvalue weighted by atomic mass is 35.5. The number of rotatable bonds is 4. The van der Waals surface area contributed by atoms with E-state index in [2.05, 4.69) is 17.1 Å². The minimum atomic E-state index is -0.272. The largest absolute Gasteiger partial charge is 0.378 e. The number of piperidine rings is 1. The molecule has 0 unspecified atom stereocenters. The van der Waals surface area contributed by atoms with Crippen LogP contribution in [0.15, 0.2) is 18.2 Å². The summed E-state index contributed by atoms with van der Waals surface area (Å²) in [5.74, 6) is 0.882. The van der Waals surface area contributed by atoms with Crippen LogP contribution in [0.4, 0.5) is 11.4 Å². The van der Waals surface area contributed by atoms with E-state index in [9.17, 15) is 4.79 Å². The van der Waals surface area contributed by atoms with Crippen LogP contribution >= 0.6 is 11.6 Å². The number of nitrogens with one attached hydrogen (secondary N) is 1. The fraction of sp³-hybridized carbons (Fsp3) is 0.632. The number of hydrogen-bond acceptors (Lipinski definition) is 4. The van der Waals surface area contributed by atoms with Gasteiger partial charge in [-0.1, -0.05) is 18.5 Å². The molecule has 0 radical (unpaired) electrons. The van der Waals surface area contributed by atoms with Crippen LogP contribution in [-0.2, 0) is 9.53 Å². The van der Waals surface area contributed by atoms with Gasteiger partial charge < -0.3 is 19.9 Å². The van der Waals surface area contributed by atoms with Gasteiger partial charge in [0, 0.05) is 31.2 Å². The zero-order chi connectivity index (χ0) is 17.8. The highest BCUT2D eigenvalue weighted by Gasteiger charge is 2.25. The summed E-state index contributed by atoms with van der Waals surface area (Å²) in [6, 6.07) is 5.56. The number of hydrogen-bond donors (Lipinski definition) is 1. The van der Waals surface area contributed by atoms with Crippen LogP contribution in [0.1, 0.15) is 26.7 Å². The second-order valence-electron chi connectivity index (χ2n) is 7.13. The van der Waals surface area contributed by atoms with Gasteiger partial charge in [-0.25, -0.2) is 0 Å². The van der Waals surface area contributed by atoms with Crippen LogP contribution in [0, 0.1) is 5.92 Å². The Kier molecular flexibility index (Phi) is 6.07. The van der Waals surface area contributed by atoms with Crippen LogP contribution in [0.3, 0.4) is 0 Å². The molecule has 2 aliphatic rings. The van der Waals surface area contributed by atoms with Crippen molar-refractivity contribution < 1.29 is 9.53 Å². The average Bonchev–Trinajstić information content (AvgIpc) is 2.62. The van der Waals surface area contributed by atoms with E-state index in [1.165, 1.54) is 0 Å². The lowest BCUT2D eigenvalue weighted by atomic mass is 9.99. The first-order valence-electron chi connectivity index (χ1n) is 9.22. The molecule has 2 aliphatic heterocycles. The summed E-state index contributed by atoms with van der Waals surface area (Å²) in [6.07, 6.45) is 2.18. The average molecular weight is 366 g/mol. The Bertz CT molecular complexity index is 596. The molecule has 25 heavy (non-hydrogen) atoms. The molecule has 0 saturated carbocycles. The Hall–Kier alpha value is -1.46. The molecule has 2 heterocycles. The number of amides is 1. The third-order valence-corrected chi connectivity index (χ3v) is 5.38. The van der Waals surface area contributed by atoms with Crippen molar-refractivity contribution in [2.75, 3.05) is 49.6 Å². The van der Waals surface area contributed by atoms with Gasteiger partial charge in [0.2, 0.25) is 5.91 Å². The number of carbonyl (C=O) groups is 1. The topological polar surface area (TPSA) is 44.8 Å². The highest BCUT2D eigenvalue weighted by Crippen LogP contribution is 2.30. The van der Waals surface area contributed by atoms with E-state index < -0.39 is 0 Å². The Labute approximate surface area is 155 Å². The van der Waals surface area contributed by atoms with Crippen molar-refractivity contribution in [1.29, 1.82) is 0 Å². The summed E-state index contributed by atoms with van der Waals surface area (Å²) in [5, 5.41) is 4.07. The molecule has 0 aromatic heterocycles. The smallest absolute Gasteiger partial charge is 0.244 e. The lowest BCUT2D eigenvalue weighted by Crippen LogP contribution is -2.45. The van der Waals surface area contributed by atoms with Gasteiger partial charge in [-0.3, -0.25) is 4.79 Å². The van der Waals surface area contributed by atoms with Gasteiger partial charge >= 0.3 is 0 Å². The molecule has 1 amide bonds. The van der Waals surface area contributed by atoms with E-state index in [4.69, 9.17) is 16.3 Å². The molecule has 1 aromatic carbocycles. The Morgan fingerprint density at radius 3 is 2.60 bits per heavy atom. The summed E-state index contributed by atoms with van der Waals surface area (Å²) in [4.78, 5) is 17.0. The summed E-state index contributed by atoms with van der Waals surface area (Å²) in [5.41, 5.74) is 2.00. The maximum atomic E-state index is 12.8. The van der Waals surface area contributed by atoms with E-state index in [1.54, 1.807) is 0 Å². The van der Waals surface area contributed by atoms with Gasteiger partial charge in [0.1, 0.15) is 6.04 Å². The van der Waals surface area contributed by atoms with Crippen LogP contribution in [-0.4, -0.2) is 56.2 Å². The Balaban J connectivity index is 1.70. The molecule has 0 aliphatic carbocycles. The summed E-state index contributed by atoms with van der Waals surface area (Å²) in [6.45, 7) is 9.06. The minimum absolute atomic E-state index is 0.166. The van der Waals surface area contributed by atoms with Crippen molar-refractivity contribution in [3.63, 3.8) is 0 Å². The number of carbonyl (C=O) groups excluding carboxylic acids is 1. The fourth-order valence-electron chi connectivity index (χ4n) is 3.50. The molecule has 5 nitrogen and oxygen atoms in total. The molecule has 0 spiro atoms. The Morgan fingerprint density at radius 1 is 1.24 bits per heavy atom. The first-order chi connectivity index (χ1) is 12.0. The maximum Gasteiger partial charge on any atom is 0.244 e. The third kappa shape index (κ3) is 4.59. The number of nitrogens with zero attached hydrogens (tertiary/aromatic N) is 2. The van der Waals surface area contributed by atoms with E-state index in [-0.39, 0.29) is 11.9 Å². The minimum Gasteiger partial charge on any atom is -0.378 e.